The second kappa shape index (κ2) is 9.04. The molecule has 0 aromatic heterocycles. The Morgan fingerprint density at radius 2 is 1.54 bits per heavy atom. The van der Waals surface area contributed by atoms with E-state index in [1.54, 1.807) is 35.2 Å². The van der Waals surface area contributed by atoms with Crippen LogP contribution in [0.4, 0.5) is 8.78 Å². The lowest BCUT2D eigenvalue weighted by Crippen LogP contribution is -2.41. The maximum Gasteiger partial charge on any atom is 0.197 e. The molecule has 1 saturated heterocycles. The van der Waals surface area contributed by atoms with Crippen molar-refractivity contribution in [2.24, 2.45) is 5.92 Å². The molecule has 4 heteroatoms. The summed E-state index contributed by atoms with van der Waals surface area (Å²) >= 11 is 0. The Hall–Kier alpha value is -2.07. The molecule has 1 aliphatic rings. The Bertz CT molecular complexity index is 684. The Balaban J connectivity index is 1.46. The van der Waals surface area contributed by atoms with E-state index in [0.717, 1.165) is 19.3 Å². The minimum atomic E-state index is -1.80. The average molecular weight is 357 g/mol. The highest BCUT2D eigenvalue weighted by atomic mass is 19.1. The summed E-state index contributed by atoms with van der Waals surface area (Å²) in [6.45, 7) is 1.23. The number of alkyl halides is 2. The molecule has 0 radical (unpaired) electrons. The maximum atomic E-state index is 14.5. The fourth-order valence-electron chi connectivity index (χ4n) is 3.59. The van der Waals surface area contributed by atoms with Gasteiger partial charge in [0.1, 0.15) is 0 Å². The molecular weight excluding hydrogens is 332 g/mol. The lowest BCUT2D eigenvalue weighted by Gasteiger charge is -2.34. The zero-order valence-electron chi connectivity index (χ0n) is 14.9. The van der Waals surface area contributed by atoms with Crippen LogP contribution in [0, 0.1) is 5.92 Å². The first-order valence-corrected chi connectivity index (χ1v) is 9.29. The molecule has 0 saturated carbocycles. The molecule has 0 N–H and O–H groups in total. The first kappa shape index (κ1) is 18.7. The second-order valence-corrected chi connectivity index (χ2v) is 7.04. The summed E-state index contributed by atoms with van der Waals surface area (Å²) in [5.41, 5.74) is 1.61. The number of rotatable bonds is 7. The van der Waals surface area contributed by atoms with Gasteiger partial charge >= 0.3 is 0 Å². The number of nitrogens with zero attached hydrogens (tertiary/aromatic N) is 1. The highest BCUT2D eigenvalue weighted by Gasteiger charge is 2.30. The molecule has 0 bridgehead atoms. The van der Waals surface area contributed by atoms with Gasteiger partial charge in [-0.15, -0.1) is 0 Å². The van der Waals surface area contributed by atoms with Crippen molar-refractivity contribution in [3.8, 4) is 0 Å². The van der Waals surface area contributed by atoms with Gasteiger partial charge in [-0.25, -0.2) is 8.78 Å². The molecule has 0 aliphatic carbocycles. The lowest BCUT2D eigenvalue weighted by molar-refractivity contribution is 0.0255. The van der Waals surface area contributed by atoms with Gasteiger partial charge in [-0.2, -0.15) is 0 Å². The Labute approximate surface area is 153 Å². The van der Waals surface area contributed by atoms with Crippen molar-refractivity contribution in [1.29, 1.82) is 0 Å². The van der Waals surface area contributed by atoms with E-state index in [1.165, 1.54) is 5.56 Å². The summed E-state index contributed by atoms with van der Waals surface area (Å²) in [4.78, 5) is 13.7. The number of benzene rings is 2. The molecule has 2 nitrogen and oxygen atoms in total. The smallest absolute Gasteiger partial charge is 0.197 e. The number of likely N-dealkylation sites (tertiary alicyclic amines) is 1. The van der Waals surface area contributed by atoms with Crippen molar-refractivity contribution >= 4 is 5.78 Å². The first-order chi connectivity index (χ1) is 12.6. The van der Waals surface area contributed by atoms with Gasteiger partial charge in [-0.3, -0.25) is 9.69 Å². The number of hydrogen-bond acceptors (Lipinski definition) is 2. The van der Waals surface area contributed by atoms with Gasteiger partial charge in [-0.05, 0) is 30.7 Å². The van der Waals surface area contributed by atoms with Crippen molar-refractivity contribution in [1.82, 2.24) is 4.90 Å². The molecule has 2 atom stereocenters. The van der Waals surface area contributed by atoms with E-state index >= 15 is 0 Å². The van der Waals surface area contributed by atoms with Crippen molar-refractivity contribution in [3.05, 3.63) is 71.8 Å². The van der Waals surface area contributed by atoms with Gasteiger partial charge in [0.05, 0.1) is 0 Å². The van der Waals surface area contributed by atoms with Crippen LogP contribution < -0.4 is 0 Å². The van der Waals surface area contributed by atoms with Gasteiger partial charge in [0.25, 0.3) is 0 Å². The number of carbonyl (C=O) groups is 1. The van der Waals surface area contributed by atoms with Gasteiger partial charge in [0.2, 0.25) is 0 Å². The minimum Gasteiger partial charge on any atom is -0.291 e. The topological polar surface area (TPSA) is 20.3 Å². The van der Waals surface area contributed by atoms with Crippen LogP contribution in [0.1, 0.15) is 35.2 Å². The normalized spacial score (nSPS) is 18.4. The van der Waals surface area contributed by atoms with E-state index in [9.17, 15) is 13.6 Å². The number of Topliss-reactive ketones (excluding diaryl/α,β-unsaturated/α-hetero) is 1. The quantitative estimate of drug-likeness (QED) is 0.522. The molecule has 1 fully saturated rings. The monoisotopic (exact) mass is 357 g/mol. The zero-order valence-corrected chi connectivity index (χ0v) is 14.9. The van der Waals surface area contributed by atoms with Crippen LogP contribution in [0.15, 0.2) is 60.7 Å². The third-order valence-electron chi connectivity index (χ3n) is 5.16. The molecule has 2 unspecified atom stereocenters. The summed E-state index contributed by atoms with van der Waals surface area (Å²) in [5, 5.41) is 0. The van der Waals surface area contributed by atoms with Crippen LogP contribution in [0.25, 0.3) is 0 Å². The molecular formula is C22H25F2NO. The summed E-state index contributed by atoms with van der Waals surface area (Å²) in [7, 11) is 0. The van der Waals surface area contributed by atoms with E-state index in [-0.39, 0.29) is 0 Å². The third kappa shape index (κ3) is 4.98. The van der Waals surface area contributed by atoms with Crippen LogP contribution in [-0.2, 0) is 6.42 Å². The Morgan fingerprint density at radius 3 is 2.15 bits per heavy atom. The highest BCUT2D eigenvalue weighted by molar-refractivity contribution is 5.99. The largest absolute Gasteiger partial charge is 0.291 e. The summed E-state index contributed by atoms with van der Waals surface area (Å²) in [6.07, 6.45) is -0.788. The van der Waals surface area contributed by atoms with Gasteiger partial charge in [-0.1, -0.05) is 60.7 Å². The van der Waals surface area contributed by atoms with Crippen molar-refractivity contribution in [2.45, 2.75) is 38.2 Å². The van der Waals surface area contributed by atoms with Crippen LogP contribution in [0.5, 0.6) is 0 Å². The standard InChI is InChI=1S/C22H25F2NO/c23-20(22(26)19-9-5-2-6-10-19)16-21(24)25-13-11-18(12-14-25)15-17-7-3-1-4-8-17/h1-10,18,20-21H,11-16H2. The fraction of sp³-hybridized carbons (Fsp3) is 0.409. The van der Waals surface area contributed by atoms with Crippen LogP contribution in [0.3, 0.4) is 0 Å². The second-order valence-electron chi connectivity index (χ2n) is 7.04. The van der Waals surface area contributed by atoms with E-state index in [4.69, 9.17) is 0 Å². The SMILES string of the molecule is O=C(c1ccccc1)C(F)CC(F)N1CCC(Cc2ccccc2)CC1. The predicted octanol–water partition coefficient (Wildman–Crippen LogP) is 4.85. The lowest BCUT2D eigenvalue weighted by atomic mass is 9.90. The van der Waals surface area contributed by atoms with E-state index in [1.807, 2.05) is 18.2 Å². The average Bonchev–Trinajstić information content (AvgIpc) is 2.69. The highest BCUT2D eigenvalue weighted by Crippen LogP contribution is 2.25. The number of carbonyl (C=O) groups excluding carboxylic acids is 1. The minimum absolute atomic E-state index is 0.300. The van der Waals surface area contributed by atoms with Crippen molar-refractivity contribution < 1.29 is 13.6 Å². The summed E-state index contributed by atoms with van der Waals surface area (Å²) < 4.78 is 28.7. The zero-order chi connectivity index (χ0) is 18.4. The molecule has 0 spiro atoms. The van der Waals surface area contributed by atoms with Gasteiger partial charge < -0.3 is 0 Å². The molecule has 138 valence electrons. The molecule has 1 heterocycles. The van der Waals surface area contributed by atoms with Gasteiger partial charge in [0, 0.05) is 25.1 Å². The molecule has 2 aromatic rings. The maximum absolute atomic E-state index is 14.5. The molecule has 26 heavy (non-hydrogen) atoms. The van der Waals surface area contributed by atoms with Crippen LogP contribution >= 0.6 is 0 Å². The molecule has 2 aromatic carbocycles. The molecule has 1 aliphatic heterocycles. The van der Waals surface area contributed by atoms with E-state index < -0.39 is 24.7 Å². The number of halogens is 2. The number of ketones is 1. The van der Waals surface area contributed by atoms with Crippen LogP contribution in [0.2, 0.25) is 0 Å². The Morgan fingerprint density at radius 1 is 0.962 bits per heavy atom. The predicted molar refractivity (Wildman–Crippen MR) is 99.6 cm³/mol. The molecule has 0 amide bonds. The third-order valence-corrected chi connectivity index (χ3v) is 5.16. The summed E-state index contributed by atoms with van der Waals surface area (Å²) in [6, 6.07) is 18.6. The summed E-state index contributed by atoms with van der Waals surface area (Å²) in [5.74, 6) is -0.0970. The molecule has 3 rings (SSSR count). The van der Waals surface area contributed by atoms with Crippen molar-refractivity contribution in [3.63, 3.8) is 0 Å². The number of hydrogen-bond donors (Lipinski definition) is 0. The first-order valence-electron chi connectivity index (χ1n) is 9.29. The van der Waals surface area contributed by atoms with Crippen LogP contribution in [-0.4, -0.2) is 36.2 Å². The fourth-order valence-corrected chi connectivity index (χ4v) is 3.59. The number of piperidine rings is 1. The van der Waals surface area contributed by atoms with E-state index in [2.05, 4.69) is 12.1 Å². The van der Waals surface area contributed by atoms with E-state index in [0.29, 0.717) is 24.6 Å². The van der Waals surface area contributed by atoms with Gasteiger partial charge in [0.15, 0.2) is 18.3 Å². The Kier molecular flexibility index (Phi) is 6.51. The van der Waals surface area contributed by atoms with Crippen molar-refractivity contribution in [2.75, 3.05) is 13.1 Å².